The van der Waals surface area contributed by atoms with Crippen molar-refractivity contribution in [3.63, 3.8) is 0 Å². The maximum absolute atomic E-state index is 12.0. The number of halogens is 2. The predicted octanol–water partition coefficient (Wildman–Crippen LogP) is 3.91. The molecule has 102 valence electrons. The van der Waals surface area contributed by atoms with E-state index < -0.39 is 0 Å². The summed E-state index contributed by atoms with van der Waals surface area (Å²) in [6.07, 6.45) is 1.59. The van der Waals surface area contributed by atoms with Crippen molar-refractivity contribution in [3.05, 3.63) is 42.4 Å². The fourth-order valence-electron chi connectivity index (χ4n) is 1.57. The van der Waals surface area contributed by atoms with E-state index in [1.165, 1.54) is 4.68 Å². The molecule has 0 aliphatic carbocycles. The van der Waals surface area contributed by atoms with Crippen LogP contribution < -0.4 is 10.9 Å². The van der Waals surface area contributed by atoms with Crippen LogP contribution in [-0.4, -0.2) is 9.78 Å². The third-order valence-corrected chi connectivity index (χ3v) is 4.50. The lowest BCUT2D eigenvalue weighted by Crippen LogP contribution is -2.25. The number of rotatable bonds is 4. The Morgan fingerprint density at radius 3 is 2.84 bits per heavy atom. The highest BCUT2D eigenvalue weighted by Gasteiger charge is 2.11. The van der Waals surface area contributed by atoms with Crippen LogP contribution in [0.25, 0.3) is 0 Å². The summed E-state index contributed by atoms with van der Waals surface area (Å²) in [5, 5.41) is 7.42. The largest absolute Gasteiger partial charge is 0.377 e. The van der Waals surface area contributed by atoms with Crippen LogP contribution in [0.5, 0.6) is 0 Å². The third-order valence-electron chi connectivity index (χ3n) is 2.51. The molecule has 2 aromatic rings. The summed E-state index contributed by atoms with van der Waals surface area (Å²) in [5.74, 6) is 0. The summed E-state index contributed by atoms with van der Waals surface area (Å²) in [6, 6.07) is 3.99. The van der Waals surface area contributed by atoms with Gasteiger partial charge in [-0.05, 0) is 41.9 Å². The number of hydrogen-bond acceptors (Lipinski definition) is 4. The quantitative estimate of drug-likeness (QED) is 0.897. The zero-order chi connectivity index (χ0) is 14.0. The van der Waals surface area contributed by atoms with Crippen LogP contribution in [-0.2, 0) is 6.54 Å². The van der Waals surface area contributed by atoms with Crippen molar-refractivity contribution in [2.24, 2.45) is 0 Å². The highest BCUT2D eigenvalue weighted by atomic mass is 79.9. The first kappa shape index (κ1) is 14.6. The van der Waals surface area contributed by atoms with Crippen molar-refractivity contribution in [3.8, 4) is 0 Å². The molecule has 1 N–H and O–H groups in total. The molecule has 0 aliphatic rings. The van der Waals surface area contributed by atoms with Gasteiger partial charge in [-0.25, -0.2) is 4.68 Å². The molecule has 2 heterocycles. The van der Waals surface area contributed by atoms with Gasteiger partial charge in [0.25, 0.3) is 5.56 Å². The number of aromatic nitrogens is 2. The smallest absolute Gasteiger partial charge is 0.287 e. The second-order valence-electron chi connectivity index (χ2n) is 4.28. The highest BCUT2D eigenvalue weighted by Crippen LogP contribution is 2.24. The van der Waals surface area contributed by atoms with Gasteiger partial charge in [-0.15, -0.1) is 11.3 Å². The molecule has 0 atom stereocenters. The second kappa shape index (κ2) is 6.07. The average Bonchev–Trinajstić information content (AvgIpc) is 2.76. The summed E-state index contributed by atoms with van der Waals surface area (Å²) < 4.78 is 2.44. The Balaban J connectivity index is 2.18. The Morgan fingerprint density at radius 1 is 1.53 bits per heavy atom. The third kappa shape index (κ3) is 3.38. The molecule has 0 amide bonds. The van der Waals surface area contributed by atoms with E-state index in [0.717, 1.165) is 8.66 Å². The molecule has 0 unspecified atom stereocenters. The summed E-state index contributed by atoms with van der Waals surface area (Å²) in [6.45, 7) is 4.39. The molecule has 0 spiro atoms. The van der Waals surface area contributed by atoms with Crippen molar-refractivity contribution in [2.45, 2.75) is 26.4 Å². The Kier molecular flexibility index (Phi) is 4.65. The van der Waals surface area contributed by atoms with E-state index >= 15 is 0 Å². The zero-order valence-electron chi connectivity index (χ0n) is 10.5. The molecule has 2 aromatic heterocycles. The van der Waals surface area contributed by atoms with Crippen molar-refractivity contribution >= 4 is 44.6 Å². The van der Waals surface area contributed by atoms with Gasteiger partial charge in [-0.3, -0.25) is 4.79 Å². The first-order valence-electron chi connectivity index (χ1n) is 5.74. The van der Waals surface area contributed by atoms with Gasteiger partial charge < -0.3 is 5.32 Å². The molecule has 2 rings (SSSR count). The minimum absolute atomic E-state index is 0.00713. The van der Waals surface area contributed by atoms with Crippen LogP contribution >= 0.6 is 38.9 Å². The lowest BCUT2D eigenvalue weighted by molar-refractivity contribution is 0.503. The van der Waals surface area contributed by atoms with Crippen LogP contribution in [0.2, 0.25) is 5.02 Å². The SMILES string of the molecule is CC(C)n1ncc(NCc2ccc(Br)s2)c(Cl)c1=O. The van der Waals surface area contributed by atoms with Crippen LogP contribution in [0.4, 0.5) is 5.69 Å². The molecule has 0 aliphatic heterocycles. The van der Waals surface area contributed by atoms with Crippen molar-refractivity contribution < 1.29 is 0 Å². The maximum Gasteiger partial charge on any atom is 0.287 e. The molecule has 19 heavy (non-hydrogen) atoms. The normalized spacial score (nSPS) is 11.0. The molecule has 0 radical (unpaired) electrons. The van der Waals surface area contributed by atoms with Crippen LogP contribution in [0, 0.1) is 0 Å². The fraction of sp³-hybridized carbons (Fsp3) is 0.333. The molecule has 0 fully saturated rings. The van der Waals surface area contributed by atoms with Crippen LogP contribution in [0.1, 0.15) is 24.8 Å². The summed E-state index contributed by atoms with van der Waals surface area (Å²) in [4.78, 5) is 13.1. The van der Waals surface area contributed by atoms with E-state index in [2.05, 4.69) is 26.3 Å². The molecule has 0 saturated carbocycles. The van der Waals surface area contributed by atoms with Gasteiger partial charge in [0.15, 0.2) is 0 Å². The Labute approximate surface area is 128 Å². The monoisotopic (exact) mass is 361 g/mol. The second-order valence-corrected chi connectivity index (χ2v) is 7.20. The maximum atomic E-state index is 12.0. The van der Waals surface area contributed by atoms with Crippen molar-refractivity contribution in [1.82, 2.24) is 9.78 Å². The molecule has 0 saturated heterocycles. The molecule has 4 nitrogen and oxygen atoms in total. The molecular weight excluding hydrogens is 350 g/mol. The highest BCUT2D eigenvalue weighted by molar-refractivity contribution is 9.11. The molecule has 7 heteroatoms. The van der Waals surface area contributed by atoms with Gasteiger partial charge in [0, 0.05) is 11.4 Å². The van der Waals surface area contributed by atoms with E-state index in [1.54, 1.807) is 17.5 Å². The van der Waals surface area contributed by atoms with E-state index in [9.17, 15) is 4.79 Å². The first-order chi connectivity index (χ1) is 8.99. The fourth-order valence-corrected chi connectivity index (χ4v) is 3.19. The molecule has 0 aromatic carbocycles. The minimum Gasteiger partial charge on any atom is -0.377 e. The number of nitrogens with one attached hydrogen (secondary N) is 1. The zero-order valence-corrected chi connectivity index (χ0v) is 13.6. The van der Waals surface area contributed by atoms with E-state index in [1.807, 2.05) is 26.0 Å². The Bertz CT molecular complexity index is 638. The predicted molar refractivity (Wildman–Crippen MR) is 83.2 cm³/mol. The van der Waals surface area contributed by atoms with E-state index in [-0.39, 0.29) is 16.6 Å². The van der Waals surface area contributed by atoms with Crippen LogP contribution in [0.15, 0.2) is 26.9 Å². The van der Waals surface area contributed by atoms with Gasteiger partial charge in [0.1, 0.15) is 5.02 Å². The van der Waals surface area contributed by atoms with Gasteiger partial charge >= 0.3 is 0 Å². The average molecular weight is 363 g/mol. The topological polar surface area (TPSA) is 46.9 Å². The number of thiophene rings is 1. The number of anilines is 1. The first-order valence-corrected chi connectivity index (χ1v) is 7.73. The lowest BCUT2D eigenvalue weighted by Gasteiger charge is -2.11. The summed E-state index contributed by atoms with van der Waals surface area (Å²) in [7, 11) is 0. The summed E-state index contributed by atoms with van der Waals surface area (Å²) >= 11 is 11.1. The Morgan fingerprint density at radius 2 is 2.26 bits per heavy atom. The van der Waals surface area contributed by atoms with E-state index in [0.29, 0.717) is 12.2 Å². The standard InChI is InChI=1S/C12H13BrClN3OS/c1-7(2)17-12(18)11(14)9(6-16-17)15-5-8-3-4-10(13)19-8/h3-4,6-7,15H,5H2,1-2H3. The summed E-state index contributed by atoms with van der Waals surface area (Å²) in [5.41, 5.74) is 0.294. The van der Waals surface area contributed by atoms with Crippen molar-refractivity contribution in [1.29, 1.82) is 0 Å². The molecular formula is C12H13BrClN3OS. The minimum atomic E-state index is -0.269. The van der Waals surface area contributed by atoms with E-state index in [4.69, 9.17) is 11.6 Å². The number of nitrogens with zero attached hydrogens (tertiary/aromatic N) is 2. The van der Waals surface area contributed by atoms with Crippen LogP contribution in [0.3, 0.4) is 0 Å². The van der Waals surface area contributed by atoms with Crippen molar-refractivity contribution in [2.75, 3.05) is 5.32 Å². The van der Waals surface area contributed by atoms with Gasteiger partial charge in [0.05, 0.1) is 21.7 Å². The van der Waals surface area contributed by atoms with Gasteiger partial charge in [-0.1, -0.05) is 11.6 Å². The Hall–Kier alpha value is -0.850. The molecule has 0 bridgehead atoms. The van der Waals surface area contributed by atoms with Gasteiger partial charge in [0.2, 0.25) is 0 Å². The lowest BCUT2D eigenvalue weighted by atomic mass is 10.3. The number of hydrogen-bond donors (Lipinski definition) is 1. The van der Waals surface area contributed by atoms with Gasteiger partial charge in [-0.2, -0.15) is 5.10 Å².